The molecule has 0 saturated heterocycles. The van der Waals surface area contributed by atoms with Gasteiger partial charge in [0.1, 0.15) is 5.82 Å². The number of nitrogens with one attached hydrogen (secondary N) is 1. The molecule has 0 aliphatic carbocycles. The Hall–Kier alpha value is -1.03. The molecule has 0 aliphatic rings. The molecule has 1 unspecified atom stereocenters. The molecule has 78 valence electrons. The van der Waals surface area contributed by atoms with E-state index in [0.29, 0.717) is 0 Å². The van der Waals surface area contributed by atoms with Gasteiger partial charge in [0.05, 0.1) is 6.04 Å². The summed E-state index contributed by atoms with van der Waals surface area (Å²) in [6.07, 6.45) is 0. The zero-order valence-electron chi connectivity index (χ0n) is 8.02. The summed E-state index contributed by atoms with van der Waals surface area (Å²) in [7, 11) is 1.42. The Kier molecular flexibility index (Phi) is 3.16. The van der Waals surface area contributed by atoms with Gasteiger partial charge >= 0.3 is 0 Å². The number of hydrogen-bond acceptors (Lipinski definition) is 1. The monoisotopic (exact) mass is 203 g/mol. The molecule has 4 heteroatoms. The first-order valence-corrected chi connectivity index (χ1v) is 4.25. The smallest absolute Gasteiger partial charge is 0.264 e. The van der Waals surface area contributed by atoms with Crippen molar-refractivity contribution in [2.24, 2.45) is 0 Å². The third kappa shape index (κ3) is 2.48. The third-order valence-corrected chi connectivity index (χ3v) is 1.98. The molecular weight excluding hydrogens is 191 g/mol. The lowest BCUT2D eigenvalue weighted by Crippen LogP contribution is -2.32. The predicted molar refractivity (Wildman–Crippen MR) is 48.8 cm³/mol. The van der Waals surface area contributed by atoms with E-state index in [9.17, 15) is 13.2 Å². The van der Waals surface area contributed by atoms with Crippen LogP contribution in [-0.4, -0.2) is 13.0 Å². The van der Waals surface area contributed by atoms with Crippen molar-refractivity contribution in [3.8, 4) is 0 Å². The van der Waals surface area contributed by atoms with Crippen molar-refractivity contribution in [1.82, 2.24) is 5.32 Å². The van der Waals surface area contributed by atoms with Crippen LogP contribution in [-0.2, 0) is 0 Å². The predicted octanol–water partition coefficient (Wildman–Crippen LogP) is 2.74. The fourth-order valence-electron chi connectivity index (χ4n) is 1.40. The van der Waals surface area contributed by atoms with Gasteiger partial charge in [-0.2, -0.15) is 0 Å². The molecule has 0 radical (unpaired) electrons. The Balaban J connectivity index is 3.01. The van der Waals surface area contributed by atoms with Gasteiger partial charge in [0.2, 0.25) is 0 Å². The van der Waals surface area contributed by atoms with Crippen molar-refractivity contribution < 1.29 is 13.2 Å². The lowest BCUT2D eigenvalue weighted by Gasteiger charge is -2.23. The molecular formula is C10H12F3N. The van der Waals surface area contributed by atoms with Crippen molar-refractivity contribution in [1.29, 1.82) is 0 Å². The van der Waals surface area contributed by atoms with E-state index in [-0.39, 0.29) is 5.56 Å². The zero-order chi connectivity index (χ0) is 10.8. The van der Waals surface area contributed by atoms with Gasteiger partial charge in [0, 0.05) is 6.92 Å². The van der Waals surface area contributed by atoms with E-state index >= 15 is 0 Å². The van der Waals surface area contributed by atoms with Gasteiger partial charge in [0.25, 0.3) is 5.92 Å². The van der Waals surface area contributed by atoms with E-state index in [0.717, 1.165) is 13.0 Å². The lowest BCUT2D eigenvalue weighted by atomic mass is 10.0. The highest BCUT2D eigenvalue weighted by atomic mass is 19.3. The van der Waals surface area contributed by atoms with Gasteiger partial charge in [-0.3, -0.25) is 0 Å². The van der Waals surface area contributed by atoms with Gasteiger partial charge in [-0.25, -0.2) is 13.2 Å². The number of alkyl halides is 2. The fourth-order valence-corrected chi connectivity index (χ4v) is 1.40. The second-order valence-electron chi connectivity index (χ2n) is 3.23. The second kappa shape index (κ2) is 4.00. The van der Waals surface area contributed by atoms with Gasteiger partial charge in [-0.05, 0) is 24.7 Å². The lowest BCUT2D eigenvalue weighted by molar-refractivity contribution is -0.0170. The number of halogens is 3. The summed E-state index contributed by atoms with van der Waals surface area (Å²) in [6.45, 7) is 0.805. The van der Waals surface area contributed by atoms with E-state index < -0.39 is 17.8 Å². The van der Waals surface area contributed by atoms with Crippen LogP contribution in [0.3, 0.4) is 0 Å². The standard InChI is InChI=1S/C10H12F3N/c1-10(12,13)9(14-2)7-4-3-5-8(11)6-7/h3-6,9,14H,1-2H3. The largest absolute Gasteiger partial charge is 0.308 e. The maximum atomic E-state index is 13.0. The summed E-state index contributed by atoms with van der Waals surface area (Å²) < 4.78 is 38.8. The van der Waals surface area contributed by atoms with Crippen LogP contribution in [0.2, 0.25) is 0 Å². The Morgan fingerprint density at radius 3 is 2.43 bits per heavy atom. The minimum absolute atomic E-state index is 0.250. The molecule has 0 aliphatic heterocycles. The van der Waals surface area contributed by atoms with Crippen LogP contribution in [0, 0.1) is 5.82 Å². The van der Waals surface area contributed by atoms with Crippen LogP contribution in [0.5, 0.6) is 0 Å². The van der Waals surface area contributed by atoms with Crippen LogP contribution in [0.4, 0.5) is 13.2 Å². The van der Waals surface area contributed by atoms with E-state index in [1.54, 1.807) is 0 Å². The topological polar surface area (TPSA) is 12.0 Å². The van der Waals surface area contributed by atoms with Crippen molar-refractivity contribution in [2.75, 3.05) is 7.05 Å². The molecule has 14 heavy (non-hydrogen) atoms. The molecule has 0 bridgehead atoms. The number of hydrogen-bond donors (Lipinski definition) is 1. The van der Waals surface area contributed by atoms with Crippen molar-refractivity contribution in [3.05, 3.63) is 35.6 Å². The van der Waals surface area contributed by atoms with Crippen LogP contribution in [0.25, 0.3) is 0 Å². The van der Waals surface area contributed by atoms with Crippen LogP contribution in [0.1, 0.15) is 18.5 Å². The Bertz CT molecular complexity index is 306. The molecule has 0 spiro atoms. The Labute approximate surface area is 80.9 Å². The average molecular weight is 203 g/mol. The summed E-state index contributed by atoms with van der Waals surface area (Å²) in [4.78, 5) is 0. The minimum Gasteiger partial charge on any atom is -0.308 e. The van der Waals surface area contributed by atoms with E-state index in [1.165, 1.54) is 25.2 Å². The third-order valence-electron chi connectivity index (χ3n) is 1.98. The minimum atomic E-state index is -2.91. The first-order chi connectivity index (χ1) is 6.45. The zero-order valence-corrected chi connectivity index (χ0v) is 8.02. The molecule has 0 amide bonds. The maximum absolute atomic E-state index is 13.0. The van der Waals surface area contributed by atoms with Gasteiger partial charge in [-0.15, -0.1) is 0 Å². The molecule has 0 fully saturated rings. The molecule has 0 saturated carbocycles. The summed E-state index contributed by atoms with van der Waals surface area (Å²) in [5.41, 5.74) is 0.250. The summed E-state index contributed by atoms with van der Waals surface area (Å²) in [6, 6.07) is 4.07. The molecule has 1 aromatic carbocycles. The van der Waals surface area contributed by atoms with E-state index in [1.807, 2.05) is 0 Å². The number of benzene rings is 1. The normalized spacial score (nSPS) is 14.1. The van der Waals surface area contributed by atoms with E-state index in [4.69, 9.17) is 0 Å². The maximum Gasteiger partial charge on any atom is 0.264 e. The summed E-state index contributed by atoms with van der Waals surface area (Å²) >= 11 is 0. The summed E-state index contributed by atoms with van der Waals surface area (Å²) in [5.74, 6) is -3.42. The molecule has 0 heterocycles. The van der Waals surface area contributed by atoms with Crippen LogP contribution in [0.15, 0.2) is 24.3 Å². The SMILES string of the molecule is CNC(c1cccc(F)c1)C(C)(F)F. The quantitative estimate of drug-likeness (QED) is 0.796. The van der Waals surface area contributed by atoms with Crippen LogP contribution >= 0.6 is 0 Å². The molecule has 1 nitrogen and oxygen atoms in total. The van der Waals surface area contributed by atoms with Crippen molar-refractivity contribution >= 4 is 0 Å². The first-order valence-electron chi connectivity index (χ1n) is 4.25. The fraction of sp³-hybridized carbons (Fsp3) is 0.400. The number of rotatable bonds is 3. The second-order valence-corrected chi connectivity index (χ2v) is 3.23. The average Bonchev–Trinajstić information content (AvgIpc) is 2.02. The first kappa shape index (κ1) is 11.0. The Morgan fingerprint density at radius 2 is 2.00 bits per heavy atom. The summed E-state index contributed by atoms with van der Waals surface area (Å²) in [5, 5.41) is 2.47. The van der Waals surface area contributed by atoms with Gasteiger partial charge in [-0.1, -0.05) is 12.1 Å². The molecule has 1 N–H and O–H groups in total. The van der Waals surface area contributed by atoms with Crippen molar-refractivity contribution in [3.63, 3.8) is 0 Å². The highest BCUT2D eigenvalue weighted by Gasteiger charge is 2.34. The van der Waals surface area contributed by atoms with Crippen molar-refractivity contribution in [2.45, 2.75) is 18.9 Å². The van der Waals surface area contributed by atoms with Crippen LogP contribution < -0.4 is 5.32 Å². The Morgan fingerprint density at radius 1 is 1.36 bits per heavy atom. The molecule has 1 rings (SSSR count). The molecule has 1 aromatic rings. The highest BCUT2D eigenvalue weighted by molar-refractivity contribution is 5.21. The van der Waals surface area contributed by atoms with Gasteiger partial charge in [0.15, 0.2) is 0 Å². The molecule has 1 atom stereocenters. The highest BCUT2D eigenvalue weighted by Crippen LogP contribution is 2.30. The van der Waals surface area contributed by atoms with Gasteiger partial charge < -0.3 is 5.32 Å². The van der Waals surface area contributed by atoms with E-state index in [2.05, 4.69) is 5.32 Å². The molecule has 0 aromatic heterocycles.